The summed E-state index contributed by atoms with van der Waals surface area (Å²) in [5.41, 5.74) is -0.821. The van der Waals surface area contributed by atoms with Crippen LogP contribution in [0.1, 0.15) is 65.7 Å². The Balaban J connectivity index is 2.17. The molecule has 2 rings (SSSR count). The number of amides is 1. The van der Waals surface area contributed by atoms with E-state index in [4.69, 9.17) is 4.74 Å². The molecule has 2 unspecified atom stereocenters. The van der Waals surface area contributed by atoms with Crippen LogP contribution in [0.4, 0.5) is 4.79 Å². The predicted molar refractivity (Wildman–Crippen MR) is 79.1 cm³/mol. The van der Waals surface area contributed by atoms with Crippen LogP contribution in [0.2, 0.25) is 0 Å². The molecule has 1 heterocycles. The molecule has 0 aromatic heterocycles. The molecular weight excluding hydrogens is 270 g/mol. The van der Waals surface area contributed by atoms with Gasteiger partial charge in [0.15, 0.2) is 0 Å². The molecule has 2 atom stereocenters. The van der Waals surface area contributed by atoms with Crippen LogP contribution in [0.3, 0.4) is 0 Å². The zero-order valence-electron chi connectivity index (χ0n) is 13.4. The van der Waals surface area contributed by atoms with Crippen LogP contribution in [0.15, 0.2) is 0 Å². The summed E-state index contributed by atoms with van der Waals surface area (Å²) in [5, 5.41) is 9.33. The first kappa shape index (κ1) is 16.1. The molecule has 5 heteroatoms. The number of aliphatic carboxylic acids is 1. The number of rotatable bonds is 1. The quantitative estimate of drug-likeness (QED) is 0.805. The highest BCUT2D eigenvalue weighted by Gasteiger charge is 2.47. The van der Waals surface area contributed by atoms with E-state index in [2.05, 4.69) is 0 Å². The smallest absolute Gasteiger partial charge is 0.410 e. The number of carbonyl (C=O) groups excluding carboxylic acids is 1. The number of carboxylic acids is 1. The Kier molecular flexibility index (Phi) is 4.49. The lowest BCUT2D eigenvalue weighted by molar-refractivity contribution is -0.145. The summed E-state index contributed by atoms with van der Waals surface area (Å²) in [5.74, 6) is -1.06. The average Bonchev–Trinajstić information content (AvgIpc) is 2.37. The molecule has 1 aliphatic heterocycles. The standard InChI is InChI=1S/C16H27NO4/c1-15(2,3)21-14(20)17-10-5-4-8-16(17)9-6-7-12(11-16)13(18)19/h12H,4-11H2,1-3H3,(H,18,19). The highest BCUT2D eigenvalue weighted by molar-refractivity contribution is 5.72. The maximum Gasteiger partial charge on any atom is 0.410 e. The SMILES string of the molecule is CC(C)(C)OC(=O)N1CCCCC12CCCC(C(=O)O)C2. The van der Waals surface area contributed by atoms with Gasteiger partial charge in [-0.05, 0) is 59.3 Å². The summed E-state index contributed by atoms with van der Waals surface area (Å²) in [7, 11) is 0. The van der Waals surface area contributed by atoms with E-state index in [1.807, 2.05) is 25.7 Å². The normalized spacial score (nSPS) is 30.2. The van der Waals surface area contributed by atoms with Crippen LogP contribution in [0, 0.1) is 5.92 Å². The second kappa shape index (κ2) is 5.85. The predicted octanol–water partition coefficient (Wildman–Crippen LogP) is 3.42. The van der Waals surface area contributed by atoms with Crippen molar-refractivity contribution in [3.63, 3.8) is 0 Å². The topological polar surface area (TPSA) is 66.8 Å². The van der Waals surface area contributed by atoms with Crippen LogP contribution in [-0.2, 0) is 9.53 Å². The number of ether oxygens (including phenoxy) is 1. The van der Waals surface area contributed by atoms with Gasteiger partial charge in [-0.2, -0.15) is 0 Å². The largest absolute Gasteiger partial charge is 0.481 e. The summed E-state index contributed by atoms with van der Waals surface area (Å²) in [6.07, 6.45) is 5.71. The molecule has 1 N–H and O–H groups in total. The highest BCUT2D eigenvalue weighted by Crippen LogP contribution is 2.43. The Morgan fingerprint density at radius 2 is 1.86 bits per heavy atom. The fourth-order valence-electron chi connectivity index (χ4n) is 3.72. The molecule has 120 valence electrons. The minimum absolute atomic E-state index is 0.284. The third kappa shape index (κ3) is 3.69. The van der Waals surface area contributed by atoms with E-state index in [0.29, 0.717) is 13.0 Å². The van der Waals surface area contributed by atoms with E-state index < -0.39 is 11.6 Å². The lowest BCUT2D eigenvalue weighted by Crippen LogP contribution is -2.58. The van der Waals surface area contributed by atoms with Crippen molar-refractivity contribution in [2.24, 2.45) is 5.92 Å². The van der Waals surface area contributed by atoms with Gasteiger partial charge in [-0.1, -0.05) is 6.42 Å². The van der Waals surface area contributed by atoms with E-state index in [-0.39, 0.29) is 17.6 Å². The molecule has 1 amide bonds. The molecule has 2 fully saturated rings. The molecule has 0 aromatic rings. The van der Waals surface area contributed by atoms with Crippen molar-refractivity contribution < 1.29 is 19.4 Å². The summed E-state index contributed by atoms with van der Waals surface area (Å²) in [4.78, 5) is 25.7. The van der Waals surface area contributed by atoms with Gasteiger partial charge in [0.1, 0.15) is 5.60 Å². The van der Waals surface area contributed by atoms with Gasteiger partial charge < -0.3 is 14.7 Å². The van der Waals surface area contributed by atoms with Crippen molar-refractivity contribution >= 4 is 12.1 Å². The fourth-order valence-corrected chi connectivity index (χ4v) is 3.72. The first-order valence-corrected chi connectivity index (χ1v) is 7.97. The average molecular weight is 297 g/mol. The molecule has 5 nitrogen and oxygen atoms in total. The molecule has 0 radical (unpaired) electrons. The van der Waals surface area contributed by atoms with Crippen LogP contribution in [-0.4, -0.2) is 39.8 Å². The first-order chi connectivity index (χ1) is 9.73. The van der Waals surface area contributed by atoms with Crippen LogP contribution in [0.25, 0.3) is 0 Å². The monoisotopic (exact) mass is 297 g/mol. The Hall–Kier alpha value is -1.26. The zero-order valence-corrected chi connectivity index (χ0v) is 13.4. The summed E-state index contributed by atoms with van der Waals surface area (Å²) in [6, 6.07) is 0. The number of likely N-dealkylation sites (tertiary alicyclic amines) is 1. The Labute approximate surface area is 126 Å². The Bertz CT molecular complexity index is 411. The summed E-state index contributed by atoms with van der Waals surface area (Å²) >= 11 is 0. The van der Waals surface area contributed by atoms with Gasteiger partial charge in [0, 0.05) is 12.1 Å². The van der Waals surface area contributed by atoms with Crippen molar-refractivity contribution in [3.8, 4) is 0 Å². The van der Waals surface area contributed by atoms with E-state index in [0.717, 1.165) is 38.5 Å². The van der Waals surface area contributed by atoms with Crippen LogP contribution in [0.5, 0.6) is 0 Å². The first-order valence-electron chi connectivity index (χ1n) is 7.97. The number of carbonyl (C=O) groups is 2. The molecule has 2 aliphatic rings. The molecular formula is C16H27NO4. The number of piperidine rings is 1. The van der Waals surface area contributed by atoms with Crippen molar-refractivity contribution in [1.29, 1.82) is 0 Å². The van der Waals surface area contributed by atoms with Gasteiger partial charge in [-0.25, -0.2) is 4.79 Å². The minimum Gasteiger partial charge on any atom is -0.481 e. The maximum absolute atomic E-state index is 12.5. The second-order valence-electron chi connectivity index (χ2n) is 7.44. The van der Waals surface area contributed by atoms with Gasteiger partial charge in [0.2, 0.25) is 0 Å². The maximum atomic E-state index is 12.5. The van der Waals surface area contributed by atoms with Gasteiger partial charge in [0.05, 0.1) is 5.92 Å². The van der Waals surface area contributed by atoms with E-state index in [9.17, 15) is 14.7 Å². The van der Waals surface area contributed by atoms with Crippen molar-refractivity contribution in [2.75, 3.05) is 6.54 Å². The molecule has 21 heavy (non-hydrogen) atoms. The molecule has 0 bridgehead atoms. The van der Waals surface area contributed by atoms with Gasteiger partial charge in [-0.3, -0.25) is 4.79 Å². The molecule has 1 aliphatic carbocycles. The number of hydrogen-bond donors (Lipinski definition) is 1. The van der Waals surface area contributed by atoms with E-state index >= 15 is 0 Å². The third-order valence-corrected chi connectivity index (χ3v) is 4.63. The van der Waals surface area contributed by atoms with Gasteiger partial charge >= 0.3 is 12.1 Å². The second-order valence-corrected chi connectivity index (χ2v) is 7.44. The van der Waals surface area contributed by atoms with Gasteiger partial charge in [0.25, 0.3) is 0 Å². The van der Waals surface area contributed by atoms with Crippen LogP contribution >= 0.6 is 0 Å². The van der Waals surface area contributed by atoms with Crippen molar-refractivity contribution in [1.82, 2.24) is 4.90 Å². The zero-order chi connectivity index (χ0) is 15.7. The number of hydrogen-bond acceptors (Lipinski definition) is 3. The number of nitrogens with zero attached hydrogens (tertiary/aromatic N) is 1. The summed E-state index contributed by atoms with van der Waals surface area (Å²) in [6.45, 7) is 6.27. The van der Waals surface area contributed by atoms with Crippen molar-refractivity contribution in [2.45, 2.75) is 76.9 Å². The van der Waals surface area contributed by atoms with Gasteiger partial charge in [-0.15, -0.1) is 0 Å². The highest BCUT2D eigenvalue weighted by atomic mass is 16.6. The molecule has 1 saturated carbocycles. The van der Waals surface area contributed by atoms with E-state index in [1.165, 1.54) is 0 Å². The minimum atomic E-state index is -0.733. The van der Waals surface area contributed by atoms with E-state index in [1.54, 1.807) is 0 Å². The van der Waals surface area contributed by atoms with Crippen LogP contribution < -0.4 is 0 Å². The lowest BCUT2D eigenvalue weighted by atomic mass is 9.70. The lowest BCUT2D eigenvalue weighted by Gasteiger charge is -2.50. The Morgan fingerprint density at radius 3 is 2.48 bits per heavy atom. The number of carboxylic acid groups (broad SMARTS) is 1. The molecule has 0 aromatic carbocycles. The van der Waals surface area contributed by atoms with Crippen molar-refractivity contribution in [3.05, 3.63) is 0 Å². The summed E-state index contributed by atoms with van der Waals surface area (Å²) < 4.78 is 5.54. The third-order valence-electron chi connectivity index (χ3n) is 4.63. The molecule has 1 spiro atoms. The molecule has 1 saturated heterocycles. The fraction of sp³-hybridized carbons (Fsp3) is 0.875. The Morgan fingerprint density at radius 1 is 1.19 bits per heavy atom.